The summed E-state index contributed by atoms with van der Waals surface area (Å²) in [5.74, 6) is 0.940. The highest BCUT2D eigenvalue weighted by Gasteiger charge is 2.15. The molecule has 25 heavy (non-hydrogen) atoms. The smallest absolute Gasteiger partial charge is 0.241 e. The van der Waals surface area contributed by atoms with Crippen LogP contribution in [-0.2, 0) is 11.4 Å². The van der Waals surface area contributed by atoms with Gasteiger partial charge in [-0.25, -0.2) is 0 Å². The molecule has 1 heterocycles. The van der Waals surface area contributed by atoms with Gasteiger partial charge in [0.2, 0.25) is 5.91 Å². The van der Waals surface area contributed by atoms with Gasteiger partial charge in [0.05, 0.1) is 12.2 Å². The van der Waals surface area contributed by atoms with Crippen molar-refractivity contribution in [3.8, 4) is 5.75 Å². The molecule has 2 aromatic carbocycles. The summed E-state index contributed by atoms with van der Waals surface area (Å²) in [7, 11) is 0. The van der Waals surface area contributed by atoms with Crippen molar-refractivity contribution in [1.82, 2.24) is 4.90 Å². The molecule has 1 saturated heterocycles. The van der Waals surface area contributed by atoms with Gasteiger partial charge in [0.1, 0.15) is 12.4 Å². The highest BCUT2D eigenvalue weighted by molar-refractivity contribution is 5.81. The number of hydrogen-bond acceptors (Lipinski definition) is 3. The first-order valence-electron chi connectivity index (χ1n) is 9.10. The molecule has 132 valence electrons. The highest BCUT2D eigenvalue weighted by atomic mass is 16.5. The number of amides is 1. The predicted molar refractivity (Wildman–Crippen MR) is 101 cm³/mol. The van der Waals surface area contributed by atoms with Crippen LogP contribution in [-0.4, -0.2) is 30.4 Å². The highest BCUT2D eigenvalue weighted by Crippen LogP contribution is 2.24. The van der Waals surface area contributed by atoms with Crippen LogP contribution in [0.1, 0.15) is 31.2 Å². The molecule has 0 spiro atoms. The summed E-state index contributed by atoms with van der Waals surface area (Å²) in [6, 6.07) is 17.9. The van der Waals surface area contributed by atoms with E-state index in [9.17, 15) is 4.79 Å². The summed E-state index contributed by atoms with van der Waals surface area (Å²) in [5.41, 5.74) is 1.99. The monoisotopic (exact) mass is 338 g/mol. The fourth-order valence-corrected chi connectivity index (χ4v) is 3.08. The summed E-state index contributed by atoms with van der Waals surface area (Å²) < 4.78 is 5.93. The Labute approximate surface area is 149 Å². The Morgan fingerprint density at radius 3 is 2.36 bits per heavy atom. The molecule has 1 aliphatic rings. The molecular weight excluding hydrogens is 312 g/mol. The first kappa shape index (κ1) is 17.3. The molecule has 0 aliphatic carbocycles. The molecule has 0 aromatic heterocycles. The van der Waals surface area contributed by atoms with Gasteiger partial charge in [-0.3, -0.25) is 4.79 Å². The third kappa shape index (κ3) is 5.24. The third-order valence-corrected chi connectivity index (χ3v) is 4.51. The van der Waals surface area contributed by atoms with Crippen LogP contribution in [0.25, 0.3) is 0 Å². The van der Waals surface area contributed by atoms with Crippen molar-refractivity contribution >= 4 is 11.6 Å². The number of rotatable bonds is 6. The zero-order chi connectivity index (χ0) is 17.3. The van der Waals surface area contributed by atoms with E-state index in [4.69, 9.17) is 4.74 Å². The second-order valence-corrected chi connectivity index (χ2v) is 6.42. The SMILES string of the molecule is O=C(CNc1ccccc1OCc1ccccc1)N1CCCCCC1. The zero-order valence-corrected chi connectivity index (χ0v) is 14.6. The molecule has 3 rings (SSSR count). The summed E-state index contributed by atoms with van der Waals surface area (Å²) >= 11 is 0. The van der Waals surface area contributed by atoms with Crippen molar-refractivity contribution in [2.24, 2.45) is 0 Å². The average molecular weight is 338 g/mol. The predicted octanol–water partition coefficient (Wildman–Crippen LogP) is 4.08. The molecule has 0 radical (unpaired) electrons. The van der Waals surface area contributed by atoms with Gasteiger partial charge >= 0.3 is 0 Å². The maximum Gasteiger partial charge on any atom is 0.241 e. The lowest BCUT2D eigenvalue weighted by Crippen LogP contribution is -2.36. The summed E-state index contributed by atoms with van der Waals surface area (Å²) in [6.07, 6.45) is 4.69. The van der Waals surface area contributed by atoms with E-state index in [1.807, 2.05) is 59.5 Å². The molecule has 4 nitrogen and oxygen atoms in total. The van der Waals surface area contributed by atoms with Gasteiger partial charge in [-0.1, -0.05) is 55.3 Å². The lowest BCUT2D eigenvalue weighted by Gasteiger charge is -2.21. The lowest BCUT2D eigenvalue weighted by atomic mass is 10.2. The van der Waals surface area contributed by atoms with E-state index in [1.54, 1.807) is 0 Å². The fourth-order valence-electron chi connectivity index (χ4n) is 3.08. The minimum atomic E-state index is 0.166. The number of ether oxygens (including phenoxy) is 1. The molecule has 1 fully saturated rings. The minimum absolute atomic E-state index is 0.166. The van der Waals surface area contributed by atoms with Gasteiger partial charge in [-0.15, -0.1) is 0 Å². The standard InChI is InChI=1S/C21H26N2O2/c24-21(23-14-8-1-2-9-15-23)16-22-19-12-6-7-13-20(19)25-17-18-10-4-3-5-11-18/h3-7,10-13,22H,1-2,8-9,14-17H2. The fraction of sp³-hybridized carbons (Fsp3) is 0.381. The maximum atomic E-state index is 12.4. The van der Waals surface area contributed by atoms with Crippen LogP contribution in [0.4, 0.5) is 5.69 Å². The van der Waals surface area contributed by atoms with Crippen LogP contribution in [0.15, 0.2) is 54.6 Å². The molecule has 0 bridgehead atoms. The van der Waals surface area contributed by atoms with Gasteiger partial charge < -0.3 is 15.0 Å². The van der Waals surface area contributed by atoms with E-state index in [2.05, 4.69) is 5.32 Å². The first-order valence-corrected chi connectivity index (χ1v) is 9.10. The van der Waals surface area contributed by atoms with E-state index < -0.39 is 0 Å². The molecule has 1 N–H and O–H groups in total. The van der Waals surface area contributed by atoms with Crippen LogP contribution in [0, 0.1) is 0 Å². The van der Waals surface area contributed by atoms with Gasteiger partial charge in [0, 0.05) is 13.1 Å². The van der Waals surface area contributed by atoms with Crippen LogP contribution < -0.4 is 10.1 Å². The van der Waals surface area contributed by atoms with Crippen molar-refractivity contribution < 1.29 is 9.53 Å². The van der Waals surface area contributed by atoms with Gasteiger partial charge in [-0.2, -0.15) is 0 Å². The van der Waals surface area contributed by atoms with Crippen LogP contribution in [0.3, 0.4) is 0 Å². The third-order valence-electron chi connectivity index (χ3n) is 4.51. The van der Waals surface area contributed by atoms with E-state index in [-0.39, 0.29) is 5.91 Å². The molecule has 2 aromatic rings. The zero-order valence-electron chi connectivity index (χ0n) is 14.6. The summed E-state index contributed by atoms with van der Waals surface area (Å²) in [5, 5.41) is 3.25. The molecular formula is C21H26N2O2. The largest absolute Gasteiger partial charge is 0.487 e. The Morgan fingerprint density at radius 2 is 1.60 bits per heavy atom. The summed E-state index contributed by atoms with van der Waals surface area (Å²) in [6.45, 7) is 2.59. The Kier molecular flexibility index (Phi) is 6.32. The number of anilines is 1. The van der Waals surface area contributed by atoms with Crippen molar-refractivity contribution in [3.63, 3.8) is 0 Å². The van der Waals surface area contributed by atoms with Gasteiger partial charge in [-0.05, 0) is 30.5 Å². The van der Waals surface area contributed by atoms with Crippen molar-refractivity contribution in [3.05, 3.63) is 60.2 Å². The number of likely N-dealkylation sites (tertiary alicyclic amines) is 1. The van der Waals surface area contributed by atoms with Gasteiger partial charge in [0.25, 0.3) is 0 Å². The molecule has 0 atom stereocenters. The number of carbonyl (C=O) groups excluding carboxylic acids is 1. The van der Waals surface area contributed by atoms with E-state index in [1.165, 1.54) is 12.8 Å². The van der Waals surface area contributed by atoms with E-state index >= 15 is 0 Å². The normalized spacial score (nSPS) is 14.6. The second kappa shape index (κ2) is 9.11. The van der Waals surface area contributed by atoms with Crippen LogP contribution >= 0.6 is 0 Å². The Morgan fingerprint density at radius 1 is 0.920 bits per heavy atom. The number of nitrogens with one attached hydrogen (secondary N) is 1. The topological polar surface area (TPSA) is 41.6 Å². The Hall–Kier alpha value is -2.49. The maximum absolute atomic E-state index is 12.4. The van der Waals surface area contributed by atoms with E-state index in [0.29, 0.717) is 13.2 Å². The van der Waals surface area contributed by atoms with Gasteiger partial charge in [0.15, 0.2) is 0 Å². The Bertz CT molecular complexity index is 665. The van der Waals surface area contributed by atoms with Crippen LogP contribution in [0.2, 0.25) is 0 Å². The second-order valence-electron chi connectivity index (χ2n) is 6.42. The Balaban J connectivity index is 1.56. The lowest BCUT2D eigenvalue weighted by molar-refractivity contribution is -0.129. The quantitative estimate of drug-likeness (QED) is 0.863. The number of nitrogens with zero attached hydrogens (tertiary/aromatic N) is 1. The number of benzene rings is 2. The van der Waals surface area contributed by atoms with Crippen LogP contribution in [0.5, 0.6) is 5.75 Å². The first-order chi connectivity index (χ1) is 12.3. The summed E-state index contributed by atoms with van der Waals surface area (Å²) in [4.78, 5) is 14.4. The van der Waals surface area contributed by atoms with Crippen molar-refractivity contribution in [1.29, 1.82) is 0 Å². The number of carbonyl (C=O) groups is 1. The number of hydrogen-bond donors (Lipinski definition) is 1. The molecule has 1 amide bonds. The van der Waals surface area contributed by atoms with E-state index in [0.717, 1.165) is 42.9 Å². The number of para-hydroxylation sites is 2. The molecule has 1 aliphatic heterocycles. The molecule has 0 saturated carbocycles. The average Bonchev–Trinajstić information content (AvgIpc) is 2.95. The molecule has 4 heteroatoms. The van der Waals surface area contributed by atoms with Crippen molar-refractivity contribution in [2.45, 2.75) is 32.3 Å². The minimum Gasteiger partial charge on any atom is -0.487 e. The van der Waals surface area contributed by atoms with Crippen molar-refractivity contribution in [2.75, 3.05) is 25.0 Å². The molecule has 0 unspecified atom stereocenters.